The zero-order chi connectivity index (χ0) is 24.7. The van der Waals surface area contributed by atoms with Crippen LogP contribution in [0.3, 0.4) is 0 Å². The molecule has 5 rings (SSSR count). The fraction of sp³-hybridized carbons (Fsp3) is 0.741. The van der Waals surface area contributed by atoms with Gasteiger partial charge in [0.15, 0.2) is 0 Å². The highest BCUT2D eigenvalue weighted by molar-refractivity contribution is 8.02. The van der Waals surface area contributed by atoms with Gasteiger partial charge in [-0.25, -0.2) is 0 Å². The molecule has 35 heavy (non-hydrogen) atoms. The summed E-state index contributed by atoms with van der Waals surface area (Å²) in [6.07, 6.45) is 14.8. The van der Waals surface area contributed by atoms with Gasteiger partial charge in [-0.1, -0.05) is 57.4 Å². The average molecular weight is 503 g/mol. The lowest BCUT2D eigenvalue weighted by molar-refractivity contribution is -0.154. The van der Waals surface area contributed by atoms with Crippen LogP contribution in [0.4, 0.5) is 0 Å². The molecule has 4 aliphatic heterocycles. The lowest BCUT2D eigenvalue weighted by Crippen LogP contribution is -2.58. The molecule has 0 aromatic carbocycles. The number of carbonyl (C=O) groups excluding carboxylic acids is 3. The molecule has 3 fully saturated rings. The minimum Gasteiger partial charge on any atom is -0.465 e. The molecule has 7 nitrogen and oxygen atoms in total. The fourth-order valence-electron chi connectivity index (χ4n) is 7.00. The highest BCUT2D eigenvalue weighted by atomic mass is 32.2. The first-order chi connectivity index (χ1) is 16.9. The minimum atomic E-state index is -0.842. The maximum Gasteiger partial charge on any atom is 0.311 e. The van der Waals surface area contributed by atoms with Crippen LogP contribution in [0, 0.1) is 17.8 Å². The van der Waals surface area contributed by atoms with E-state index >= 15 is 0 Å². The fourth-order valence-corrected chi connectivity index (χ4v) is 8.99. The van der Waals surface area contributed by atoms with Crippen molar-refractivity contribution in [2.75, 3.05) is 19.8 Å². The van der Waals surface area contributed by atoms with Gasteiger partial charge in [-0.3, -0.25) is 14.4 Å². The summed E-state index contributed by atoms with van der Waals surface area (Å²) in [6, 6.07) is -1.01. The number of fused-ring (bicyclic) bond motifs is 2. The zero-order valence-corrected chi connectivity index (χ0v) is 21.6. The highest BCUT2D eigenvalue weighted by Crippen LogP contribution is 2.61. The van der Waals surface area contributed by atoms with Gasteiger partial charge in [0.1, 0.15) is 6.04 Å². The van der Waals surface area contributed by atoms with Crippen molar-refractivity contribution < 1.29 is 24.2 Å². The number of hydrogen-bond acceptors (Lipinski definition) is 6. The molecule has 5 aliphatic rings. The Balaban J connectivity index is 1.60. The Morgan fingerprint density at radius 1 is 1.14 bits per heavy atom. The van der Waals surface area contributed by atoms with Gasteiger partial charge in [-0.05, 0) is 31.6 Å². The average Bonchev–Trinajstić information content (AvgIpc) is 3.22. The number of aliphatic hydroxyl groups is 1. The summed E-state index contributed by atoms with van der Waals surface area (Å²) in [4.78, 5) is 45.5. The van der Waals surface area contributed by atoms with Crippen molar-refractivity contribution in [1.82, 2.24) is 9.80 Å². The first-order valence-electron chi connectivity index (χ1n) is 13.3. The number of rotatable bonds is 5. The van der Waals surface area contributed by atoms with Crippen LogP contribution in [-0.2, 0) is 19.1 Å². The third-order valence-corrected chi connectivity index (χ3v) is 10.2. The summed E-state index contributed by atoms with van der Waals surface area (Å²) in [7, 11) is 0. The Morgan fingerprint density at radius 2 is 1.91 bits per heavy atom. The van der Waals surface area contributed by atoms with E-state index in [1.54, 1.807) is 16.7 Å². The molecular weight excluding hydrogens is 464 g/mol. The van der Waals surface area contributed by atoms with Crippen molar-refractivity contribution in [2.24, 2.45) is 17.8 Å². The molecule has 6 atom stereocenters. The summed E-state index contributed by atoms with van der Waals surface area (Å²) in [5.74, 6) is -1.62. The number of ether oxygens (including phenoxy) is 1. The zero-order valence-electron chi connectivity index (χ0n) is 20.8. The predicted octanol–water partition coefficient (Wildman–Crippen LogP) is 2.93. The summed E-state index contributed by atoms with van der Waals surface area (Å²) >= 11 is 1.58. The van der Waals surface area contributed by atoms with Gasteiger partial charge >= 0.3 is 5.97 Å². The topological polar surface area (TPSA) is 87.2 Å². The van der Waals surface area contributed by atoms with Crippen LogP contribution in [-0.4, -0.2) is 80.6 Å². The molecule has 0 aromatic rings. The number of carbonyl (C=O) groups is 3. The maximum atomic E-state index is 14.4. The number of thioether (sulfide) groups is 1. The molecule has 1 unspecified atom stereocenters. The van der Waals surface area contributed by atoms with E-state index in [-0.39, 0.29) is 41.6 Å². The standard InChI is InChI=1S/C27H38N2O5S/c1-17(2)15-19(16-30)29-23-25(32)28(18-9-4-3-5-10-18)13-8-12-27(23)22(24(29)31)21-20(35-27)11-6-7-14-34-26(21)33/h6,8,11-12,17-23,30H,3-5,7,9-10,13-16H2,1-2H3/t19-,20-,21+,22+,23?,27+/m1/s1. The van der Waals surface area contributed by atoms with Gasteiger partial charge in [0.25, 0.3) is 0 Å². The van der Waals surface area contributed by atoms with E-state index in [0.29, 0.717) is 26.0 Å². The molecule has 1 spiro atoms. The second kappa shape index (κ2) is 9.92. The minimum absolute atomic E-state index is 0.0286. The predicted molar refractivity (Wildman–Crippen MR) is 134 cm³/mol. The Hall–Kier alpha value is -1.80. The van der Waals surface area contributed by atoms with E-state index in [9.17, 15) is 19.5 Å². The van der Waals surface area contributed by atoms with Crippen LogP contribution < -0.4 is 0 Å². The van der Waals surface area contributed by atoms with Crippen molar-refractivity contribution in [3.63, 3.8) is 0 Å². The Kier molecular flexibility index (Phi) is 7.05. The van der Waals surface area contributed by atoms with Crippen molar-refractivity contribution >= 4 is 29.5 Å². The third-order valence-electron chi connectivity index (χ3n) is 8.45. The van der Waals surface area contributed by atoms with E-state index in [4.69, 9.17) is 4.74 Å². The van der Waals surface area contributed by atoms with Gasteiger partial charge in [-0.2, -0.15) is 0 Å². The van der Waals surface area contributed by atoms with Gasteiger partial charge < -0.3 is 19.6 Å². The first-order valence-corrected chi connectivity index (χ1v) is 14.2. The highest BCUT2D eigenvalue weighted by Gasteiger charge is 2.71. The molecule has 0 aromatic heterocycles. The molecule has 1 saturated carbocycles. The molecule has 1 aliphatic carbocycles. The van der Waals surface area contributed by atoms with E-state index in [1.165, 1.54) is 6.42 Å². The molecule has 8 heteroatoms. The SMILES string of the molecule is CC(C)C[C@H](CO)N1C(=O)[C@@H]2[C@H]3C(=O)OCCC=C[C@H]3S[C@@]23C=CCN(C2CCCCC2)C(=O)C13. The Bertz CT molecular complexity index is 913. The third kappa shape index (κ3) is 4.14. The molecule has 1 N–H and O–H groups in total. The van der Waals surface area contributed by atoms with Crippen LogP contribution in [0.1, 0.15) is 58.8 Å². The lowest BCUT2D eigenvalue weighted by atomic mass is 9.78. The van der Waals surface area contributed by atoms with E-state index in [1.807, 2.05) is 23.1 Å². The lowest BCUT2D eigenvalue weighted by Gasteiger charge is -2.41. The summed E-state index contributed by atoms with van der Waals surface area (Å²) in [5, 5.41) is 10.2. The molecule has 2 saturated heterocycles. The smallest absolute Gasteiger partial charge is 0.311 e. The van der Waals surface area contributed by atoms with Gasteiger partial charge in [-0.15, -0.1) is 11.8 Å². The Labute approximate surface area is 212 Å². The quantitative estimate of drug-likeness (QED) is 0.460. The van der Waals surface area contributed by atoms with Crippen LogP contribution in [0.25, 0.3) is 0 Å². The molecule has 4 heterocycles. The van der Waals surface area contributed by atoms with Gasteiger partial charge in [0, 0.05) is 17.8 Å². The number of aliphatic hydroxyl groups excluding tert-OH is 1. The number of cyclic esters (lactones) is 1. The van der Waals surface area contributed by atoms with Crippen molar-refractivity contribution in [3.8, 4) is 0 Å². The van der Waals surface area contributed by atoms with Crippen LogP contribution >= 0.6 is 11.8 Å². The molecule has 0 radical (unpaired) electrons. The van der Waals surface area contributed by atoms with E-state index < -0.39 is 28.7 Å². The first kappa shape index (κ1) is 24.9. The van der Waals surface area contributed by atoms with E-state index in [0.717, 1.165) is 25.7 Å². The largest absolute Gasteiger partial charge is 0.465 e. The van der Waals surface area contributed by atoms with Crippen molar-refractivity contribution in [2.45, 2.75) is 86.9 Å². The molecule has 192 valence electrons. The second-order valence-electron chi connectivity index (χ2n) is 11.1. The van der Waals surface area contributed by atoms with Crippen molar-refractivity contribution in [1.29, 1.82) is 0 Å². The number of likely N-dealkylation sites (tertiary alicyclic amines) is 1. The van der Waals surface area contributed by atoms with Crippen LogP contribution in [0.5, 0.6) is 0 Å². The number of nitrogens with zero attached hydrogens (tertiary/aromatic N) is 2. The summed E-state index contributed by atoms with van der Waals surface area (Å²) < 4.78 is 4.71. The molecule has 0 bridgehead atoms. The number of hydrogen-bond donors (Lipinski definition) is 1. The number of amides is 2. The normalized spacial score (nSPS) is 36.4. The second-order valence-corrected chi connectivity index (χ2v) is 12.6. The van der Waals surface area contributed by atoms with E-state index in [2.05, 4.69) is 19.9 Å². The van der Waals surface area contributed by atoms with Crippen molar-refractivity contribution in [3.05, 3.63) is 24.3 Å². The summed E-state index contributed by atoms with van der Waals surface area (Å²) in [5.41, 5.74) is 0. The van der Waals surface area contributed by atoms with Gasteiger partial charge in [0.2, 0.25) is 11.8 Å². The van der Waals surface area contributed by atoms with Gasteiger partial charge in [0.05, 0.1) is 35.8 Å². The molecule has 2 amide bonds. The monoisotopic (exact) mass is 502 g/mol. The molecular formula is C27H38N2O5S. The van der Waals surface area contributed by atoms with Crippen LogP contribution in [0.15, 0.2) is 24.3 Å². The van der Waals surface area contributed by atoms with Crippen LogP contribution in [0.2, 0.25) is 0 Å². The number of esters is 1. The maximum absolute atomic E-state index is 14.4. The Morgan fingerprint density at radius 3 is 2.63 bits per heavy atom. The summed E-state index contributed by atoms with van der Waals surface area (Å²) in [6.45, 7) is 4.75.